The number of halogens is 2. The number of esters is 1. The molecule has 0 radical (unpaired) electrons. The maximum Gasteiger partial charge on any atom is 0.348 e. The van der Waals surface area contributed by atoms with Gasteiger partial charge in [0.15, 0.2) is 0 Å². The van der Waals surface area contributed by atoms with E-state index >= 15 is 4.39 Å². The van der Waals surface area contributed by atoms with Crippen LogP contribution in [0.1, 0.15) is 46.1 Å². The van der Waals surface area contributed by atoms with Crippen LogP contribution in [0.5, 0.6) is 0 Å². The molecular weight excluding hydrogens is 386 g/mol. The van der Waals surface area contributed by atoms with Gasteiger partial charge in [0.25, 0.3) is 0 Å². The SMILES string of the molecule is CC1(C)[C@@H]2C[C@@H](OC(=O)[C@@](C)(F)c3ccc(-c4ccccc4)c(F)c3)[C@](C)(O)C[C@@H]21. The number of hydrogen-bond donors (Lipinski definition) is 1. The van der Waals surface area contributed by atoms with Gasteiger partial charge in [-0.1, -0.05) is 56.3 Å². The van der Waals surface area contributed by atoms with Crippen LogP contribution in [-0.2, 0) is 15.2 Å². The molecule has 0 amide bonds. The van der Waals surface area contributed by atoms with Gasteiger partial charge in [-0.15, -0.1) is 0 Å². The van der Waals surface area contributed by atoms with Gasteiger partial charge in [-0.05, 0) is 55.6 Å². The maximum absolute atomic E-state index is 15.5. The van der Waals surface area contributed by atoms with E-state index < -0.39 is 29.2 Å². The highest BCUT2D eigenvalue weighted by atomic mass is 19.1. The largest absolute Gasteiger partial charge is 0.457 e. The monoisotopic (exact) mass is 414 g/mol. The summed E-state index contributed by atoms with van der Waals surface area (Å²) in [5.41, 5.74) is -2.74. The Hall–Kier alpha value is -2.27. The van der Waals surface area contributed by atoms with Gasteiger partial charge >= 0.3 is 5.97 Å². The molecule has 30 heavy (non-hydrogen) atoms. The number of rotatable bonds is 4. The van der Waals surface area contributed by atoms with Gasteiger partial charge in [-0.2, -0.15) is 0 Å². The minimum absolute atomic E-state index is 0.0978. The molecule has 2 fully saturated rings. The van der Waals surface area contributed by atoms with E-state index in [1.165, 1.54) is 12.1 Å². The number of aliphatic hydroxyl groups is 1. The molecule has 0 bridgehead atoms. The number of ether oxygens (including phenoxy) is 1. The summed E-state index contributed by atoms with van der Waals surface area (Å²) < 4.78 is 35.7. The lowest BCUT2D eigenvalue weighted by molar-refractivity contribution is -0.182. The van der Waals surface area contributed by atoms with E-state index in [9.17, 15) is 14.3 Å². The van der Waals surface area contributed by atoms with Gasteiger partial charge in [0.05, 0.1) is 5.60 Å². The number of hydrogen-bond acceptors (Lipinski definition) is 3. The minimum atomic E-state index is -2.53. The fourth-order valence-corrected chi connectivity index (χ4v) is 4.98. The zero-order chi connectivity index (χ0) is 21.9. The van der Waals surface area contributed by atoms with Crippen molar-refractivity contribution < 1.29 is 23.4 Å². The number of alkyl halides is 1. The summed E-state index contributed by atoms with van der Waals surface area (Å²) in [4.78, 5) is 12.7. The second-order valence-corrected chi connectivity index (χ2v) is 9.79. The Morgan fingerprint density at radius 2 is 1.80 bits per heavy atom. The number of fused-ring (bicyclic) bond motifs is 1. The van der Waals surface area contributed by atoms with Gasteiger partial charge in [0, 0.05) is 11.1 Å². The van der Waals surface area contributed by atoms with E-state index in [1.54, 1.807) is 31.2 Å². The highest BCUT2D eigenvalue weighted by molar-refractivity contribution is 5.81. The third-order valence-electron chi connectivity index (χ3n) is 7.31. The third kappa shape index (κ3) is 3.43. The normalized spacial score (nSPS) is 31.4. The Bertz CT molecular complexity index is 966. The Morgan fingerprint density at radius 1 is 1.13 bits per heavy atom. The summed E-state index contributed by atoms with van der Waals surface area (Å²) >= 11 is 0. The van der Waals surface area contributed by atoms with Crippen molar-refractivity contribution in [1.82, 2.24) is 0 Å². The van der Waals surface area contributed by atoms with E-state index in [-0.39, 0.29) is 11.0 Å². The van der Waals surface area contributed by atoms with Crippen molar-refractivity contribution in [1.29, 1.82) is 0 Å². The second-order valence-electron chi connectivity index (χ2n) is 9.79. The summed E-state index contributed by atoms with van der Waals surface area (Å²) in [6.45, 7) is 6.99. The Labute approximate surface area is 176 Å². The molecule has 2 aliphatic carbocycles. The van der Waals surface area contributed by atoms with Gasteiger partial charge in [0.1, 0.15) is 11.9 Å². The first-order chi connectivity index (χ1) is 13.9. The van der Waals surface area contributed by atoms with Gasteiger partial charge in [-0.3, -0.25) is 0 Å². The zero-order valence-electron chi connectivity index (χ0n) is 17.8. The lowest BCUT2D eigenvalue weighted by Gasteiger charge is -2.37. The quantitative estimate of drug-likeness (QED) is 0.681. The summed E-state index contributed by atoms with van der Waals surface area (Å²) in [6, 6.07) is 12.9. The van der Waals surface area contributed by atoms with Crippen molar-refractivity contribution in [3.63, 3.8) is 0 Å². The minimum Gasteiger partial charge on any atom is -0.457 e. The molecular formula is C25H28F2O3. The Morgan fingerprint density at radius 3 is 2.43 bits per heavy atom. The van der Waals surface area contributed by atoms with Crippen molar-refractivity contribution in [2.45, 2.75) is 57.9 Å². The predicted octanol–water partition coefficient (Wildman–Crippen LogP) is 5.41. The molecule has 2 aliphatic rings. The highest BCUT2D eigenvalue weighted by Crippen LogP contribution is 2.66. The van der Waals surface area contributed by atoms with Crippen LogP contribution in [0, 0.1) is 23.1 Å². The van der Waals surface area contributed by atoms with Crippen LogP contribution in [0.2, 0.25) is 0 Å². The van der Waals surface area contributed by atoms with Gasteiger partial charge in [-0.25, -0.2) is 13.6 Å². The molecule has 5 atom stereocenters. The first-order valence-electron chi connectivity index (χ1n) is 10.4. The molecule has 3 nitrogen and oxygen atoms in total. The van der Waals surface area contributed by atoms with Crippen LogP contribution >= 0.6 is 0 Å². The van der Waals surface area contributed by atoms with Crippen LogP contribution in [0.3, 0.4) is 0 Å². The fourth-order valence-electron chi connectivity index (χ4n) is 4.98. The molecule has 0 saturated heterocycles. The molecule has 4 rings (SSSR count). The highest BCUT2D eigenvalue weighted by Gasteiger charge is 2.65. The van der Waals surface area contributed by atoms with Crippen LogP contribution in [0.4, 0.5) is 8.78 Å². The third-order valence-corrected chi connectivity index (χ3v) is 7.31. The fraction of sp³-hybridized carbons (Fsp3) is 0.480. The first kappa shape index (κ1) is 21.0. The Balaban J connectivity index is 1.53. The summed E-state index contributed by atoms with van der Waals surface area (Å²) in [6.07, 6.45) is 0.247. The predicted molar refractivity (Wildman–Crippen MR) is 111 cm³/mol. The lowest BCUT2D eigenvalue weighted by atomic mass is 9.83. The van der Waals surface area contributed by atoms with Gasteiger partial charge in [0.2, 0.25) is 5.67 Å². The number of carbonyl (C=O) groups excluding carboxylic acids is 1. The molecule has 5 heteroatoms. The number of benzene rings is 2. The maximum atomic E-state index is 15.5. The molecule has 2 aromatic rings. The van der Waals surface area contributed by atoms with Crippen LogP contribution < -0.4 is 0 Å². The van der Waals surface area contributed by atoms with Crippen molar-refractivity contribution in [2.24, 2.45) is 17.3 Å². The topological polar surface area (TPSA) is 46.5 Å². The molecule has 0 unspecified atom stereocenters. The second kappa shape index (κ2) is 6.88. The molecule has 160 valence electrons. The van der Waals surface area contributed by atoms with E-state index in [1.807, 2.05) is 6.07 Å². The zero-order valence-corrected chi connectivity index (χ0v) is 17.8. The van der Waals surface area contributed by atoms with Crippen molar-refractivity contribution in [3.05, 3.63) is 59.9 Å². The molecule has 0 aliphatic heterocycles. The van der Waals surface area contributed by atoms with E-state index in [0.717, 1.165) is 13.0 Å². The van der Waals surface area contributed by atoms with E-state index in [2.05, 4.69) is 13.8 Å². The molecule has 0 heterocycles. The average molecular weight is 414 g/mol. The lowest BCUT2D eigenvalue weighted by Crippen LogP contribution is -2.47. The van der Waals surface area contributed by atoms with E-state index in [0.29, 0.717) is 35.8 Å². The smallest absolute Gasteiger partial charge is 0.348 e. The molecule has 2 aromatic carbocycles. The molecule has 0 aromatic heterocycles. The van der Waals surface area contributed by atoms with Gasteiger partial charge < -0.3 is 9.84 Å². The van der Waals surface area contributed by atoms with Crippen molar-refractivity contribution in [2.75, 3.05) is 0 Å². The number of carbonyl (C=O) groups is 1. The summed E-state index contributed by atoms with van der Waals surface area (Å²) in [5, 5.41) is 10.8. The molecule has 0 spiro atoms. The molecule has 1 N–H and O–H groups in total. The Kier molecular flexibility index (Phi) is 4.81. The van der Waals surface area contributed by atoms with Crippen LogP contribution in [-0.4, -0.2) is 22.8 Å². The first-order valence-corrected chi connectivity index (χ1v) is 10.4. The average Bonchev–Trinajstić information content (AvgIpc) is 3.20. The van der Waals surface area contributed by atoms with Crippen molar-refractivity contribution >= 4 is 5.97 Å². The van der Waals surface area contributed by atoms with Crippen molar-refractivity contribution in [3.8, 4) is 11.1 Å². The standard InChI is InChI=1S/C25H28F2O3/c1-23(2)18-13-21(24(3,29)14-19(18)23)30-22(28)25(4,27)16-10-11-17(20(26)12-16)15-8-6-5-7-9-15/h5-12,18-19,21,29H,13-14H2,1-4H3/t18-,19+,21-,24-,25+/m1/s1. The molecule has 2 saturated carbocycles. The summed E-state index contributed by atoms with van der Waals surface area (Å²) in [7, 11) is 0. The van der Waals surface area contributed by atoms with E-state index in [4.69, 9.17) is 4.74 Å². The van der Waals surface area contributed by atoms with Crippen LogP contribution in [0.25, 0.3) is 11.1 Å². The summed E-state index contributed by atoms with van der Waals surface area (Å²) in [5.74, 6) is -0.970. The van der Waals surface area contributed by atoms with Crippen LogP contribution in [0.15, 0.2) is 48.5 Å².